The molecule has 0 spiro atoms. The first-order valence-corrected chi connectivity index (χ1v) is 16.8. The molecule has 1 N–H and O–H groups in total. The van der Waals surface area contributed by atoms with Crippen molar-refractivity contribution in [2.24, 2.45) is 22.7 Å². The van der Waals surface area contributed by atoms with Crippen LogP contribution in [-0.4, -0.2) is 57.4 Å². The highest BCUT2D eigenvalue weighted by molar-refractivity contribution is 5.89. The van der Waals surface area contributed by atoms with Crippen LogP contribution in [0.5, 0.6) is 5.75 Å². The van der Waals surface area contributed by atoms with E-state index in [-0.39, 0.29) is 54.5 Å². The van der Waals surface area contributed by atoms with E-state index in [1.807, 2.05) is 13.8 Å². The first kappa shape index (κ1) is 34.3. The number of aliphatic hydroxyl groups excluding tert-OH is 1. The zero-order valence-corrected chi connectivity index (χ0v) is 28.3. The summed E-state index contributed by atoms with van der Waals surface area (Å²) in [6.45, 7) is 9.05. The number of carbonyl (C=O) groups is 3. The molecule has 2 fully saturated rings. The van der Waals surface area contributed by atoms with Crippen LogP contribution in [-0.2, 0) is 23.8 Å². The van der Waals surface area contributed by atoms with Gasteiger partial charge in [0.05, 0.1) is 11.7 Å². The first-order chi connectivity index (χ1) is 23.4. The lowest BCUT2D eigenvalue weighted by Crippen LogP contribution is -2.71. The Morgan fingerprint density at radius 1 is 0.980 bits per heavy atom. The van der Waals surface area contributed by atoms with E-state index in [4.69, 9.17) is 23.4 Å². The molecule has 0 amide bonds. The summed E-state index contributed by atoms with van der Waals surface area (Å²) in [5.74, 6) is -2.37. The molecule has 1 aliphatic heterocycles. The van der Waals surface area contributed by atoms with Gasteiger partial charge in [0.1, 0.15) is 41.5 Å². The van der Waals surface area contributed by atoms with Crippen molar-refractivity contribution in [2.45, 2.75) is 90.6 Å². The summed E-state index contributed by atoms with van der Waals surface area (Å²) in [6.07, 6.45) is 4.51. The van der Waals surface area contributed by atoms with Crippen molar-refractivity contribution in [1.29, 1.82) is 0 Å². The van der Waals surface area contributed by atoms with Gasteiger partial charge in [0.15, 0.2) is 0 Å². The fourth-order valence-electron chi connectivity index (χ4n) is 8.64. The van der Waals surface area contributed by atoms with Crippen LogP contribution in [0.1, 0.15) is 88.7 Å². The second-order valence-electron chi connectivity index (χ2n) is 13.9. The van der Waals surface area contributed by atoms with Crippen molar-refractivity contribution in [1.82, 2.24) is 9.97 Å². The molecule has 1 unspecified atom stereocenters. The van der Waals surface area contributed by atoms with E-state index in [0.29, 0.717) is 18.4 Å². The van der Waals surface area contributed by atoms with Crippen LogP contribution in [0.2, 0.25) is 0 Å². The summed E-state index contributed by atoms with van der Waals surface area (Å²) in [4.78, 5) is 60.7. The predicted molar refractivity (Wildman–Crippen MR) is 174 cm³/mol. The lowest BCUT2D eigenvalue weighted by Gasteiger charge is -2.66. The number of aliphatic hydroxyl groups is 1. The Kier molecular flexibility index (Phi) is 9.12. The van der Waals surface area contributed by atoms with Gasteiger partial charge in [-0.3, -0.25) is 19.6 Å². The molecule has 49 heavy (non-hydrogen) atoms. The van der Waals surface area contributed by atoms with E-state index in [1.54, 1.807) is 69.7 Å². The van der Waals surface area contributed by atoms with Crippen molar-refractivity contribution in [3.8, 4) is 17.1 Å². The fourth-order valence-corrected chi connectivity index (χ4v) is 8.64. The molecule has 12 nitrogen and oxygen atoms in total. The molecule has 260 valence electrons. The first-order valence-electron chi connectivity index (χ1n) is 16.8. The minimum Gasteiger partial charge on any atom is -0.482 e. The number of esters is 3. The molecule has 3 aromatic heterocycles. The molecular weight excluding hydrogens is 632 g/mol. The average molecular weight is 675 g/mol. The third-order valence-electron chi connectivity index (χ3n) is 11.1. The van der Waals surface area contributed by atoms with E-state index < -0.39 is 64.1 Å². The molecule has 0 bridgehead atoms. The average Bonchev–Trinajstić information content (AvgIpc) is 3.09. The highest BCUT2D eigenvalue weighted by Gasteiger charge is 2.71. The van der Waals surface area contributed by atoms with Crippen molar-refractivity contribution < 1.29 is 42.9 Å². The van der Waals surface area contributed by atoms with Gasteiger partial charge in [-0.05, 0) is 61.8 Å². The molecule has 2 saturated carbocycles. The van der Waals surface area contributed by atoms with Crippen LogP contribution in [0.25, 0.3) is 11.3 Å². The Bertz CT molecular complexity index is 1780. The Labute approximate surface area is 284 Å². The van der Waals surface area contributed by atoms with Gasteiger partial charge in [-0.15, -0.1) is 0 Å². The van der Waals surface area contributed by atoms with Crippen LogP contribution in [0.4, 0.5) is 0 Å². The predicted octanol–water partition coefficient (Wildman–Crippen LogP) is 5.22. The van der Waals surface area contributed by atoms with Gasteiger partial charge in [-0.2, -0.15) is 0 Å². The van der Waals surface area contributed by atoms with Crippen molar-refractivity contribution in [2.75, 3.05) is 6.61 Å². The van der Waals surface area contributed by atoms with E-state index in [1.165, 1.54) is 6.20 Å². The van der Waals surface area contributed by atoms with E-state index >= 15 is 0 Å². The van der Waals surface area contributed by atoms with Crippen LogP contribution in [0.15, 0.2) is 64.3 Å². The Balaban J connectivity index is 1.50. The number of nitrogens with zero attached hydrogens (tertiary/aromatic N) is 2. The molecule has 3 aliphatic rings. The zero-order valence-electron chi connectivity index (χ0n) is 28.3. The summed E-state index contributed by atoms with van der Waals surface area (Å²) >= 11 is 0. The van der Waals surface area contributed by atoms with E-state index in [2.05, 4.69) is 9.97 Å². The van der Waals surface area contributed by atoms with E-state index in [0.717, 1.165) is 0 Å². The normalized spacial score (nSPS) is 31.6. The zero-order chi connectivity index (χ0) is 35.1. The maximum Gasteiger partial charge on any atom is 0.345 e. The maximum atomic E-state index is 13.7. The SMILES string of the molecule is CCC(=O)OCC1(C)[C@@H](OC(=O)CC)CC[C@]2(C)[C@H]3[C@@H](O)c4c(cc(-c5cccnc5)oc4=O)O[C@]3(C)[C@@H](OC(=O)c3cccnc3)C[C@@H]12. The Morgan fingerprint density at radius 2 is 1.69 bits per heavy atom. The van der Waals surface area contributed by atoms with Gasteiger partial charge < -0.3 is 28.5 Å². The minimum atomic E-state index is -1.39. The summed E-state index contributed by atoms with van der Waals surface area (Å²) in [5, 5.41) is 12.3. The molecule has 3 aromatic rings. The molecule has 12 heteroatoms. The molecule has 8 atom stereocenters. The van der Waals surface area contributed by atoms with Crippen molar-refractivity contribution >= 4 is 17.9 Å². The Morgan fingerprint density at radius 3 is 2.35 bits per heavy atom. The second kappa shape index (κ2) is 13.0. The number of aromatic nitrogens is 2. The summed E-state index contributed by atoms with van der Waals surface area (Å²) in [7, 11) is 0. The van der Waals surface area contributed by atoms with Gasteiger partial charge in [-0.1, -0.05) is 27.7 Å². The summed E-state index contributed by atoms with van der Waals surface area (Å²) in [5.41, 5.74) is -3.12. The third-order valence-corrected chi connectivity index (χ3v) is 11.1. The Hall–Kier alpha value is -4.58. The molecule has 4 heterocycles. The number of hydrogen-bond donors (Lipinski definition) is 1. The number of fused-ring (bicyclic) bond motifs is 4. The number of hydrogen-bond acceptors (Lipinski definition) is 12. The number of carbonyl (C=O) groups excluding carboxylic acids is 3. The number of pyridine rings is 2. The van der Waals surface area contributed by atoms with Crippen LogP contribution in [0.3, 0.4) is 0 Å². The largest absolute Gasteiger partial charge is 0.482 e. The number of rotatable bonds is 8. The maximum absolute atomic E-state index is 13.7. The molecular formula is C37H42N2O10. The highest BCUT2D eigenvalue weighted by Crippen LogP contribution is 2.67. The molecule has 2 aliphatic carbocycles. The third kappa shape index (κ3) is 5.89. The minimum absolute atomic E-state index is 0.0343. The lowest BCUT2D eigenvalue weighted by molar-refractivity contribution is -0.267. The molecule has 0 saturated heterocycles. The highest BCUT2D eigenvalue weighted by atomic mass is 16.6. The molecule has 0 radical (unpaired) electrons. The van der Waals surface area contributed by atoms with Gasteiger partial charge in [-0.25, -0.2) is 9.59 Å². The summed E-state index contributed by atoms with van der Waals surface area (Å²) in [6, 6.07) is 8.22. The van der Waals surface area contributed by atoms with Gasteiger partial charge >= 0.3 is 23.5 Å². The van der Waals surface area contributed by atoms with Crippen molar-refractivity contribution in [3.05, 3.63) is 76.7 Å². The van der Waals surface area contributed by atoms with Crippen molar-refractivity contribution in [3.63, 3.8) is 0 Å². The second-order valence-corrected chi connectivity index (χ2v) is 13.9. The monoisotopic (exact) mass is 674 g/mol. The van der Waals surface area contributed by atoms with Gasteiger partial charge in [0, 0.05) is 60.6 Å². The van der Waals surface area contributed by atoms with Gasteiger partial charge in [0.25, 0.3) is 0 Å². The van der Waals surface area contributed by atoms with Crippen LogP contribution >= 0.6 is 0 Å². The molecule has 6 rings (SSSR count). The lowest BCUT2D eigenvalue weighted by atomic mass is 9.42. The molecule has 0 aromatic carbocycles. The number of ether oxygens (including phenoxy) is 4. The van der Waals surface area contributed by atoms with E-state index in [9.17, 15) is 24.3 Å². The fraction of sp³-hybridized carbons (Fsp3) is 0.514. The van der Waals surface area contributed by atoms with Gasteiger partial charge in [0.2, 0.25) is 0 Å². The van der Waals surface area contributed by atoms with Crippen LogP contribution in [0, 0.1) is 22.7 Å². The standard InChI is InChI=1S/C37H42N2O10/c1-6-28(40)45-20-36(4)25-17-27(48-33(43)22-11-9-15-39-19-22)37(5)32(35(25,3)13-12-26(36)47-29(41)7-2)31(42)30-24(49-37)16-23(46-34(30)44)21-10-8-14-38-18-21/h8-11,14-16,18-19,25-27,31-32,42H,6-7,12-13,17,20H2,1-5H3/t25-,26+,27+,31+,32-,35+,36?,37-/m1/s1. The topological polar surface area (TPSA) is 164 Å². The smallest absolute Gasteiger partial charge is 0.345 e. The summed E-state index contributed by atoms with van der Waals surface area (Å²) < 4.78 is 30.6. The van der Waals surface area contributed by atoms with Crippen LogP contribution < -0.4 is 10.4 Å². The quantitative estimate of drug-likeness (QED) is 0.245.